The molecule has 7 nitrogen and oxygen atoms in total. The molecule has 1 aliphatic rings. The molecule has 1 atom stereocenters. The number of nitrogens with zero attached hydrogens (tertiary/aromatic N) is 4. The van der Waals surface area contributed by atoms with Crippen LogP contribution in [0.4, 0.5) is 0 Å². The van der Waals surface area contributed by atoms with Crippen molar-refractivity contribution in [2.45, 2.75) is 19.0 Å². The molecular weight excluding hydrogens is 388 g/mol. The summed E-state index contributed by atoms with van der Waals surface area (Å²) in [6.45, 7) is -0.144. The molecule has 4 heterocycles. The van der Waals surface area contributed by atoms with Gasteiger partial charge >= 0.3 is 0 Å². The lowest BCUT2D eigenvalue weighted by atomic mass is 10.1. The number of carbonyl (C=O) groups excluding carboxylic acids is 1. The van der Waals surface area contributed by atoms with Crippen molar-refractivity contribution in [3.8, 4) is 0 Å². The molecule has 1 unspecified atom stereocenters. The van der Waals surface area contributed by atoms with Crippen LogP contribution >= 0.6 is 11.3 Å². The van der Waals surface area contributed by atoms with E-state index in [-0.39, 0.29) is 24.1 Å². The molecule has 0 fully saturated rings. The Labute approximate surface area is 169 Å². The van der Waals surface area contributed by atoms with Gasteiger partial charge in [-0.25, -0.2) is 9.99 Å². The Morgan fingerprint density at radius 3 is 2.86 bits per heavy atom. The highest BCUT2D eigenvalue weighted by Gasteiger charge is 2.35. The highest BCUT2D eigenvalue weighted by atomic mass is 32.1. The number of hydrogen-bond donors (Lipinski definition) is 0. The van der Waals surface area contributed by atoms with Gasteiger partial charge in [0, 0.05) is 6.42 Å². The number of aromatic nitrogens is 2. The fraction of sp³-hybridized carbons (Fsp3) is 0.143. The predicted octanol–water partition coefficient (Wildman–Crippen LogP) is 3.43. The van der Waals surface area contributed by atoms with E-state index in [2.05, 4.69) is 10.1 Å². The third-order valence-corrected chi connectivity index (χ3v) is 5.80. The van der Waals surface area contributed by atoms with Crippen molar-refractivity contribution in [1.82, 2.24) is 14.6 Å². The molecule has 0 N–H and O–H groups in total. The van der Waals surface area contributed by atoms with Gasteiger partial charge in [-0.05, 0) is 35.7 Å². The van der Waals surface area contributed by atoms with Crippen molar-refractivity contribution < 1.29 is 9.21 Å². The number of hydrazone groups is 1. The Morgan fingerprint density at radius 1 is 1.17 bits per heavy atom. The number of para-hydroxylation sites is 1. The molecule has 0 aliphatic carbocycles. The van der Waals surface area contributed by atoms with Crippen LogP contribution in [0.25, 0.3) is 10.9 Å². The summed E-state index contributed by atoms with van der Waals surface area (Å²) >= 11 is 1.58. The molecule has 0 spiro atoms. The fourth-order valence-corrected chi connectivity index (χ4v) is 4.19. The Bertz CT molecular complexity index is 1260. The minimum atomic E-state index is -0.335. The van der Waals surface area contributed by atoms with Crippen molar-refractivity contribution in [2.24, 2.45) is 5.10 Å². The summed E-state index contributed by atoms with van der Waals surface area (Å²) in [5, 5.41) is 8.46. The van der Waals surface area contributed by atoms with E-state index in [0.29, 0.717) is 23.1 Å². The number of carbonyl (C=O) groups is 1. The van der Waals surface area contributed by atoms with E-state index in [0.717, 1.165) is 10.6 Å². The van der Waals surface area contributed by atoms with E-state index < -0.39 is 0 Å². The quantitative estimate of drug-likeness (QED) is 0.522. The zero-order valence-electron chi connectivity index (χ0n) is 15.3. The first-order valence-corrected chi connectivity index (χ1v) is 9.99. The van der Waals surface area contributed by atoms with E-state index in [9.17, 15) is 9.59 Å². The lowest BCUT2D eigenvalue weighted by molar-refractivity contribution is -0.134. The number of thiophene rings is 1. The van der Waals surface area contributed by atoms with Gasteiger partial charge < -0.3 is 4.42 Å². The van der Waals surface area contributed by atoms with Gasteiger partial charge in [-0.3, -0.25) is 14.2 Å². The van der Waals surface area contributed by atoms with Gasteiger partial charge in [0.05, 0.1) is 34.1 Å². The maximum Gasteiger partial charge on any atom is 0.263 e. The molecule has 1 aromatic carbocycles. The summed E-state index contributed by atoms with van der Waals surface area (Å²) in [7, 11) is 0. The maximum atomic E-state index is 13.1. The van der Waals surface area contributed by atoms with E-state index >= 15 is 0 Å². The normalized spacial score (nSPS) is 16.3. The first-order valence-electron chi connectivity index (χ1n) is 9.12. The summed E-state index contributed by atoms with van der Waals surface area (Å²) in [4.78, 5) is 31.2. The Balaban J connectivity index is 1.48. The van der Waals surface area contributed by atoms with Crippen LogP contribution in [0, 0.1) is 0 Å². The average molecular weight is 404 g/mol. The highest BCUT2D eigenvalue weighted by Crippen LogP contribution is 2.34. The molecule has 29 heavy (non-hydrogen) atoms. The van der Waals surface area contributed by atoms with E-state index in [1.54, 1.807) is 41.9 Å². The van der Waals surface area contributed by atoms with Crippen LogP contribution in [0.5, 0.6) is 0 Å². The molecule has 0 saturated heterocycles. The van der Waals surface area contributed by atoms with Gasteiger partial charge in [0.15, 0.2) is 0 Å². The summed E-state index contributed by atoms with van der Waals surface area (Å²) < 4.78 is 6.87. The van der Waals surface area contributed by atoms with Crippen LogP contribution in [0.3, 0.4) is 0 Å². The molecule has 4 aromatic rings. The summed E-state index contributed by atoms with van der Waals surface area (Å²) in [6, 6.07) is 14.3. The van der Waals surface area contributed by atoms with Gasteiger partial charge in [-0.15, -0.1) is 11.3 Å². The van der Waals surface area contributed by atoms with Gasteiger partial charge in [-0.2, -0.15) is 5.10 Å². The van der Waals surface area contributed by atoms with Crippen molar-refractivity contribution in [1.29, 1.82) is 0 Å². The number of benzene rings is 1. The Hall–Kier alpha value is -3.52. The SMILES string of the molecule is O=C(Cn1cnc2ccccc2c1=O)N1N=C(c2cccs2)CC1c1ccco1. The van der Waals surface area contributed by atoms with Crippen LogP contribution in [0.1, 0.15) is 23.1 Å². The number of hydrogen-bond acceptors (Lipinski definition) is 6. The van der Waals surface area contributed by atoms with Crippen LogP contribution in [-0.2, 0) is 11.3 Å². The van der Waals surface area contributed by atoms with Crippen LogP contribution in [0.15, 0.2) is 80.8 Å². The Kier molecular flexibility index (Phi) is 4.33. The number of fused-ring (bicyclic) bond motifs is 1. The smallest absolute Gasteiger partial charge is 0.263 e. The van der Waals surface area contributed by atoms with Gasteiger partial charge in [0.25, 0.3) is 11.5 Å². The summed E-state index contributed by atoms with van der Waals surface area (Å²) in [5.41, 5.74) is 1.19. The molecular formula is C21H16N4O3S. The van der Waals surface area contributed by atoms with Gasteiger partial charge in [0.1, 0.15) is 18.3 Å². The van der Waals surface area contributed by atoms with Crippen LogP contribution < -0.4 is 5.56 Å². The first-order chi connectivity index (χ1) is 14.2. The van der Waals surface area contributed by atoms with Crippen molar-refractivity contribution in [2.75, 3.05) is 0 Å². The van der Waals surface area contributed by atoms with Crippen LogP contribution in [0.2, 0.25) is 0 Å². The monoisotopic (exact) mass is 404 g/mol. The molecule has 0 saturated carbocycles. The third-order valence-electron chi connectivity index (χ3n) is 4.88. The minimum Gasteiger partial charge on any atom is -0.467 e. The number of furan rings is 1. The molecule has 144 valence electrons. The molecule has 3 aromatic heterocycles. The molecule has 1 amide bonds. The maximum absolute atomic E-state index is 13.1. The lowest BCUT2D eigenvalue weighted by Gasteiger charge is -2.20. The van der Waals surface area contributed by atoms with Gasteiger partial charge in [0.2, 0.25) is 0 Å². The highest BCUT2D eigenvalue weighted by molar-refractivity contribution is 7.12. The van der Waals surface area contributed by atoms with Crippen molar-refractivity contribution >= 4 is 33.9 Å². The molecule has 0 radical (unpaired) electrons. The largest absolute Gasteiger partial charge is 0.467 e. The van der Waals surface area contributed by atoms with Crippen molar-refractivity contribution in [3.63, 3.8) is 0 Å². The molecule has 8 heteroatoms. The zero-order valence-corrected chi connectivity index (χ0v) is 16.1. The number of amides is 1. The van der Waals surface area contributed by atoms with E-state index in [1.165, 1.54) is 15.9 Å². The number of rotatable bonds is 4. The van der Waals surface area contributed by atoms with Gasteiger partial charge in [-0.1, -0.05) is 18.2 Å². The molecule has 5 rings (SSSR count). The minimum absolute atomic E-state index is 0.144. The second kappa shape index (κ2) is 7.14. The van der Waals surface area contributed by atoms with E-state index in [4.69, 9.17) is 4.42 Å². The molecule has 1 aliphatic heterocycles. The molecule has 0 bridgehead atoms. The third kappa shape index (κ3) is 3.17. The van der Waals surface area contributed by atoms with Crippen molar-refractivity contribution in [3.05, 3.63) is 87.5 Å². The predicted molar refractivity (Wildman–Crippen MR) is 110 cm³/mol. The first kappa shape index (κ1) is 17.6. The second-order valence-corrected chi connectivity index (χ2v) is 7.64. The Morgan fingerprint density at radius 2 is 2.07 bits per heavy atom. The fourth-order valence-electron chi connectivity index (χ4n) is 3.47. The van der Waals surface area contributed by atoms with Crippen LogP contribution in [-0.4, -0.2) is 26.2 Å². The zero-order chi connectivity index (χ0) is 19.8. The van der Waals surface area contributed by atoms with E-state index in [1.807, 2.05) is 29.6 Å². The second-order valence-electron chi connectivity index (χ2n) is 6.69. The topological polar surface area (TPSA) is 80.7 Å². The standard InChI is InChI=1S/C21H16N4O3S/c26-20(12-24-13-22-15-6-2-1-5-14(15)21(24)27)25-17(18-7-3-9-28-18)11-16(23-25)19-8-4-10-29-19/h1-10,13,17H,11-12H2. The summed E-state index contributed by atoms with van der Waals surface area (Å²) in [6.07, 6.45) is 3.55. The summed E-state index contributed by atoms with van der Waals surface area (Å²) in [5.74, 6) is 0.370. The lowest BCUT2D eigenvalue weighted by Crippen LogP contribution is -2.34. The average Bonchev–Trinajstić information content (AvgIpc) is 3.50.